The maximum Gasteiger partial charge on any atom is 0.343 e. The maximum absolute atomic E-state index is 12.7. The van der Waals surface area contributed by atoms with Gasteiger partial charge in [0.2, 0.25) is 0 Å². The summed E-state index contributed by atoms with van der Waals surface area (Å²) in [4.78, 5) is 25.3. The molecule has 4 aromatic carbocycles. The van der Waals surface area contributed by atoms with Crippen LogP contribution in [0.5, 0.6) is 17.2 Å². The van der Waals surface area contributed by atoms with E-state index in [1.54, 1.807) is 49.4 Å². The lowest BCUT2D eigenvalue weighted by atomic mass is 10.1. The fraction of sp³-hybridized carbons (Fsp3) is 0.167. The van der Waals surface area contributed by atoms with Crippen LogP contribution in [0.3, 0.4) is 0 Å². The smallest absolute Gasteiger partial charge is 0.343 e. The highest BCUT2D eigenvalue weighted by Crippen LogP contribution is 2.24. The molecular weight excluding hydrogens is 548 g/mol. The normalized spacial score (nSPS) is 11.8. The van der Waals surface area contributed by atoms with Gasteiger partial charge in [-0.15, -0.1) is 0 Å². The number of nitrogens with zero attached hydrogens (tertiary/aromatic N) is 1. The number of benzene rings is 4. The van der Waals surface area contributed by atoms with Gasteiger partial charge in [0.05, 0.1) is 18.4 Å². The molecule has 0 aromatic heterocycles. The summed E-state index contributed by atoms with van der Waals surface area (Å²) in [6.07, 6.45) is 1.53. The van der Waals surface area contributed by atoms with Gasteiger partial charge in [-0.05, 0) is 78.7 Å². The summed E-state index contributed by atoms with van der Waals surface area (Å²) in [5.74, 6) is 0.623. The largest absolute Gasteiger partial charge is 0.494 e. The van der Waals surface area contributed by atoms with Crippen molar-refractivity contribution in [1.82, 2.24) is 5.43 Å². The zero-order chi connectivity index (χ0) is 26.9. The van der Waals surface area contributed by atoms with Gasteiger partial charge in [0.25, 0.3) is 5.91 Å². The molecule has 194 valence electrons. The van der Waals surface area contributed by atoms with E-state index in [9.17, 15) is 9.59 Å². The molecule has 38 heavy (non-hydrogen) atoms. The van der Waals surface area contributed by atoms with Crippen LogP contribution < -0.4 is 19.6 Å². The molecule has 0 aliphatic carbocycles. The van der Waals surface area contributed by atoms with Crippen LogP contribution in [0.4, 0.5) is 0 Å². The van der Waals surface area contributed by atoms with E-state index in [0.29, 0.717) is 35.0 Å². The molecule has 0 aliphatic heterocycles. The van der Waals surface area contributed by atoms with Gasteiger partial charge in [0, 0.05) is 10.0 Å². The summed E-state index contributed by atoms with van der Waals surface area (Å²) in [6, 6.07) is 25.4. The van der Waals surface area contributed by atoms with Crippen LogP contribution in [0.1, 0.15) is 36.2 Å². The molecule has 8 heteroatoms. The van der Waals surface area contributed by atoms with Crippen LogP contribution in [-0.4, -0.2) is 30.8 Å². The van der Waals surface area contributed by atoms with Gasteiger partial charge in [-0.2, -0.15) is 5.10 Å². The number of amides is 1. The van der Waals surface area contributed by atoms with Crippen molar-refractivity contribution < 1.29 is 23.8 Å². The molecule has 0 heterocycles. The van der Waals surface area contributed by atoms with Crippen LogP contribution in [0.25, 0.3) is 10.8 Å². The predicted octanol–water partition coefficient (Wildman–Crippen LogP) is 6.53. The molecule has 1 amide bonds. The molecule has 0 fully saturated rings. The highest BCUT2D eigenvalue weighted by atomic mass is 79.9. The van der Waals surface area contributed by atoms with Gasteiger partial charge < -0.3 is 14.2 Å². The highest BCUT2D eigenvalue weighted by Gasteiger charge is 2.15. The molecule has 0 radical (unpaired) electrons. The molecule has 1 N–H and O–H groups in total. The average molecular weight is 575 g/mol. The Morgan fingerprint density at radius 2 is 1.68 bits per heavy atom. The third-order valence-electron chi connectivity index (χ3n) is 5.52. The molecule has 4 rings (SSSR count). The summed E-state index contributed by atoms with van der Waals surface area (Å²) < 4.78 is 17.7. The van der Waals surface area contributed by atoms with E-state index < -0.39 is 18.0 Å². The van der Waals surface area contributed by atoms with Gasteiger partial charge in [-0.25, -0.2) is 10.2 Å². The highest BCUT2D eigenvalue weighted by molar-refractivity contribution is 9.10. The topological polar surface area (TPSA) is 86.2 Å². The number of rotatable bonds is 10. The average Bonchev–Trinajstić information content (AvgIpc) is 2.93. The molecule has 1 unspecified atom stereocenters. The van der Waals surface area contributed by atoms with E-state index >= 15 is 0 Å². The Labute approximate surface area is 229 Å². The quantitative estimate of drug-likeness (QED) is 0.101. The van der Waals surface area contributed by atoms with Crippen LogP contribution in [0, 0.1) is 0 Å². The lowest BCUT2D eigenvalue weighted by molar-refractivity contribution is -0.127. The van der Waals surface area contributed by atoms with Crippen molar-refractivity contribution in [2.24, 2.45) is 5.10 Å². The first kappa shape index (κ1) is 26.9. The monoisotopic (exact) mass is 574 g/mol. The number of halogens is 1. The van der Waals surface area contributed by atoms with Crippen LogP contribution in [0.15, 0.2) is 94.5 Å². The number of fused-ring (bicyclic) bond motifs is 1. The number of hydrogen-bond donors (Lipinski definition) is 1. The van der Waals surface area contributed by atoms with Gasteiger partial charge in [-0.1, -0.05) is 53.2 Å². The first-order valence-corrected chi connectivity index (χ1v) is 12.9. The second-order valence-electron chi connectivity index (χ2n) is 8.45. The Morgan fingerprint density at radius 1 is 0.947 bits per heavy atom. The van der Waals surface area contributed by atoms with E-state index in [1.807, 2.05) is 49.4 Å². The summed E-state index contributed by atoms with van der Waals surface area (Å²) in [5.41, 5.74) is 3.36. The zero-order valence-corrected chi connectivity index (χ0v) is 22.6. The maximum atomic E-state index is 12.7. The van der Waals surface area contributed by atoms with Gasteiger partial charge in [0.1, 0.15) is 17.2 Å². The Hall–Kier alpha value is -4.17. The van der Waals surface area contributed by atoms with Crippen LogP contribution in [0.2, 0.25) is 0 Å². The van der Waals surface area contributed by atoms with Crippen molar-refractivity contribution in [2.75, 3.05) is 6.61 Å². The number of ether oxygens (including phenoxy) is 3. The number of carbonyl (C=O) groups is 2. The molecule has 1 atom stereocenters. The predicted molar refractivity (Wildman–Crippen MR) is 151 cm³/mol. The van der Waals surface area contributed by atoms with Crippen LogP contribution >= 0.6 is 15.9 Å². The summed E-state index contributed by atoms with van der Waals surface area (Å²) in [5, 5.41) is 6.15. The van der Waals surface area contributed by atoms with Gasteiger partial charge >= 0.3 is 5.97 Å². The van der Waals surface area contributed by atoms with Gasteiger partial charge in [0.15, 0.2) is 6.10 Å². The zero-order valence-electron chi connectivity index (χ0n) is 21.0. The van der Waals surface area contributed by atoms with Gasteiger partial charge in [-0.3, -0.25) is 4.79 Å². The second-order valence-corrected chi connectivity index (χ2v) is 9.36. The Morgan fingerprint density at radius 3 is 2.45 bits per heavy atom. The Kier molecular flexibility index (Phi) is 9.11. The number of nitrogens with one attached hydrogen (secondary N) is 1. The number of hydrogen-bond acceptors (Lipinski definition) is 6. The van der Waals surface area contributed by atoms with E-state index in [-0.39, 0.29) is 0 Å². The minimum absolute atomic E-state index is 0.294. The summed E-state index contributed by atoms with van der Waals surface area (Å²) >= 11 is 3.41. The first-order valence-electron chi connectivity index (χ1n) is 12.2. The van der Waals surface area contributed by atoms with E-state index in [1.165, 1.54) is 6.21 Å². The first-order chi connectivity index (χ1) is 18.4. The summed E-state index contributed by atoms with van der Waals surface area (Å²) in [7, 11) is 0. The molecule has 7 nitrogen and oxygen atoms in total. The molecular formula is C30H27BrN2O5. The van der Waals surface area contributed by atoms with Crippen molar-refractivity contribution in [3.05, 3.63) is 101 Å². The fourth-order valence-corrected chi connectivity index (χ4v) is 3.91. The molecule has 0 aliphatic rings. The van der Waals surface area contributed by atoms with E-state index in [4.69, 9.17) is 14.2 Å². The minimum atomic E-state index is -0.780. The molecule has 0 bridgehead atoms. The minimum Gasteiger partial charge on any atom is -0.494 e. The molecule has 0 saturated carbocycles. The van der Waals surface area contributed by atoms with Crippen molar-refractivity contribution >= 4 is 44.8 Å². The number of esters is 1. The van der Waals surface area contributed by atoms with Crippen molar-refractivity contribution in [3.8, 4) is 17.2 Å². The Balaban J connectivity index is 1.38. The van der Waals surface area contributed by atoms with E-state index in [2.05, 4.69) is 26.5 Å². The number of carbonyl (C=O) groups excluding carboxylic acids is 2. The summed E-state index contributed by atoms with van der Waals surface area (Å²) in [6.45, 7) is 4.28. The van der Waals surface area contributed by atoms with Crippen molar-refractivity contribution in [2.45, 2.75) is 26.4 Å². The van der Waals surface area contributed by atoms with Crippen molar-refractivity contribution in [3.63, 3.8) is 0 Å². The van der Waals surface area contributed by atoms with Crippen LogP contribution in [-0.2, 0) is 4.79 Å². The molecule has 0 spiro atoms. The molecule has 4 aromatic rings. The third kappa shape index (κ3) is 7.20. The van der Waals surface area contributed by atoms with Crippen molar-refractivity contribution in [1.29, 1.82) is 0 Å². The lowest BCUT2D eigenvalue weighted by Gasteiger charge is -2.13. The standard InChI is InChI=1S/C30H27BrN2O5/c1-3-16-36-26-12-9-22(10-13-26)30(35)38-28-15-11-25(31)17-24(28)19-32-33-29(34)20(2)37-27-14-8-21-6-4-5-7-23(21)18-27/h4-15,17-20H,3,16H2,1-2H3,(H,33,34)/b32-19+. The Bertz CT molecular complexity index is 1450. The number of hydrazone groups is 1. The molecule has 0 saturated heterocycles. The SMILES string of the molecule is CCCOc1ccc(C(=O)Oc2ccc(Br)cc2/C=N/NC(=O)C(C)Oc2ccc3ccccc3c2)cc1. The van der Waals surface area contributed by atoms with E-state index in [0.717, 1.165) is 21.7 Å². The fourth-order valence-electron chi connectivity index (χ4n) is 3.53. The third-order valence-corrected chi connectivity index (χ3v) is 6.01. The second kappa shape index (κ2) is 12.9. The lowest BCUT2D eigenvalue weighted by Crippen LogP contribution is -2.33.